The second-order valence-corrected chi connectivity index (χ2v) is 13.7. The van der Waals surface area contributed by atoms with Crippen LogP contribution in [0.5, 0.6) is 0 Å². The van der Waals surface area contributed by atoms with Crippen LogP contribution in [0.2, 0.25) is 5.02 Å². The minimum absolute atomic E-state index is 0.168. The van der Waals surface area contributed by atoms with E-state index in [9.17, 15) is 13.2 Å². The predicted molar refractivity (Wildman–Crippen MR) is 159 cm³/mol. The first kappa shape index (κ1) is 29.1. The molecule has 0 N–H and O–H groups in total. The predicted octanol–water partition coefficient (Wildman–Crippen LogP) is 6.80. The highest BCUT2D eigenvalue weighted by Gasteiger charge is 2.27. The summed E-state index contributed by atoms with van der Waals surface area (Å²) in [6.07, 6.45) is 1.68. The Labute approximate surface area is 239 Å². The number of rotatable bonds is 10. The van der Waals surface area contributed by atoms with Crippen LogP contribution in [0.1, 0.15) is 49.3 Å². The van der Waals surface area contributed by atoms with Gasteiger partial charge in [-0.2, -0.15) is 4.31 Å². The van der Waals surface area contributed by atoms with Crippen molar-refractivity contribution in [3.8, 4) is 0 Å². The number of benzene rings is 2. The van der Waals surface area contributed by atoms with E-state index in [0.717, 1.165) is 15.8 Å². The van der Waals surface area contributed by atoms with Crippen molar-refractivity contribution in [3.63, 3.8) is 0 Å². The summed E-state index contributed by atoms with van der Waals surface area (Å²) in [4.78, 5) is 24.7. The van der Waals surface area contributed by atoms with E-state index in [1.807, 2.05) is 65.0 Å². The number of thiazole rings is 1. The fraction of sp³-hybridized carbons (Fsp3) is 0.345. The number of pyridine rings is 1. The quantitative estimate of drug-likeness (QED) is 0.205. The Hall–Kier alpha value is -2.85. The van der Waals surface area contributed by atoms with Crippen LogP contribution in [-0.2, 0) is 16.6 Å². The number of halogens is 1. The van der Waals surface area contributed by atoms with Gasteiger partial charge in [0.1, 0.15) is 0 Å². The summed E-state index contributed by atoms with van der Waals surface area (Å²) in [5, 5.41) is 1.13. The number of hydrogen-bond donors (Lipinski definition) is 0. The molecule has 7 nitrogen and oxygen atoms in total. The maximum absolute atomic E-state index is 13.8. The van der Waals surface area contributed by atoms with Crippen LogP contribution in [0.15, 0.2) is 65.7 Å². The van der Waals surface area contributed by atoms with Crippen molar-refractivity contribution in [1.82, 2.24) is 14.3 Å². The van der Waals surface area contributed by atoms with E-state index in [2.05, 4.69) is 4.98 Å². The Kier molecular flexibility index (Phi) is 9.06. The second-order valence-electron chi connectivity index (χ2n) is 10.4. The van der Waals surface area contributed by atoms with E-state index in [-0.39, 0.29) is 29.2 Å². The van der Waals surface area contributed by atoms with Gasteiger partial charge in [-0.1, -0.05) is 56.7 Å². The molecular formula is C29H33ClN4O3S2. The van der Waals surface area contributed by atoms with Crippen molar-refractivity contribution in [2.24, 2.45) is 11.8 Å². The number of aromatic nitrogens is 2. The normalized spacial score (nSPS) is 12.1. The number of carbonyl (C=O) groups excluding carboxylic acids is 1. The number of fused-ring (bicyclic) bond motifs is 1. The lowest BCUT2D eigenvalue weighted by Gasteiger charge is -2.26. The van der Waals surface area contributed by atoms with E-state index in [0.29, 0.717) is 34.5 Å². The molecule has 2 heterocycles. The minimum Gasteiger partial charge on any atom is -0.278 e. The van der Waals surface area contributed by atoms with Crippen LogP contribution in [0.3, 0.4) is 0 Å². The zero-order valence-electron chi connectivity index (χ0n) is 22.8. The molecule has 0 saturated heterocycles. The minimum atomic E-state index is -3.71. The van der Waals surface area contributed by atoms with E-state index in [1.54, 1.807) is 23.2 Å². The topological polar surface area (TPSA) is 83.5 Å². The lowest BCUT2D eigenvalue weighted by atomic mass is 10.2. The van der Waals surface area contributed by atoms with Gasteiger partial charge in [-0.3, -0.25) is 14.7 Å². The lowest BCUT2D eigenvalue weighted by molar-refractivity contribution is 0.0984. The molecule has 10 heteroatoms. The molecule has 0 aliphatic heterocycles. The van der Waals surface area contributed by atoms with Gasteiger partial charge >= 0.3 is 0 Å². The van der Waals surface area contributed by atoms with Crippen LogP contribution in [0.4, 0.5) is 5.13 Å². The molecule has 0 saturated carbocycles. The molecule has 1 amide bonds. The molecule has 2 aromatic heterocycles. The van der Waals surface area contributed by atoms with E-state index >= 15 is 0 Å². The standard InChI is InChI=1S/C29H33ClN4O3S2/c1-19(2)16-33(17-20(3)4)39(36,37)24-11-9-22(10-12-24)28(35)34(18-23-8-6-7-15-31-23)29-32-27-21(5)25(30)13-14-26(27)38-29/h6-15,19-20H,16-18H2,1-5H3. The Bertz CT molecular complexity index is 1540. The number of anilines is 1. The van der Waals surface area contributed by atoms with Gasteiger partial charge in [-0.05, 0) is 72.9 Å². The molecule has 0 aliphatic carbocycles. The van der Waals surface area contributed by atoms with Crippen molar-refractivity contribution in [3.05, 3.63) is 82.6 Å². The monoisotopic (exact) mass is 584 g/mol. The molecular weight excluding hydrogens is 552 g/mol. The molecule has 2 aromatic carbocycles. The van der Waals surface area contributed by atoms with Crippen LogP contribution in [-0.4, -0.2) is 41.7 Å². The number of carbonyl (C=O) groups is 1. The van der Waals surface area contributed by atoms with Crippen molar-refractivity contribution in [2.75, 3.05) is 18.0 Å². The molecule has 206 valence electrons. The fourth-order valence-electron chi connectivity index (χ4n) is 4.24. The zero-order valence-corrected chi connectivity index (χ0v) is 25.1. The smallest absolute Gasteiger partial charge is 0.260 e. The van der Waals surface area contributed by atoms with Crippen LogP contribution in [0, 0.1) is 18.8 Å². The molecule has 0 spiro atoms. The van der Waals surface area contributed by atoms with Crippen molar-refractivity contribution < 1.29 is 13.2 Å². The average molecular weight is 585 g/mol. The van der Waals surface area contributed by atoms with Gasteiger partial charge < -0.3 is 0 Å². The molecule has 39 heavy (non-hydrogen) atoms. The molecule has 4 rings (SSSR count). The Balaban J connectivity index is 1.69. The Morgan fingerprint density at radius 2 is 1.64 bits per heavy atom. The van der Waals surface area contributed by atoms with Crippen molar-refractivity contribution >= 4 is 54.2 Å². The number of aryl methyl sites for hydroxylation is 1. The molecule has 0 unspecified atom stereocenters. The van der Waals surface area contributed by atoms with Gasteiger partial charge in [0.2, 0.25) is 10.0 Å². The third kappa shape index (κ3) is 6.66. The SMILES string of the molecule is Cc1c(Cl)ccc2sc(N(Cc3ccccn3)C(=O)c3ccc(S(=O)(=O)N(CC(C)C)CC(C)C)cc3)nc12. The van der Waals surface area contributed by atoms with Gasteiger partial charge in [0, 0.05) is 29.9 Å². The van der Waals surface area contributed by atoms with Crippen LogP contribution < -0.4 is 4.90 Å². The van der Waals surface area contributed by atoms with Crippen molar-refractivity contribution in [1.29, 1.82) is 0 Å². The molecule has 0 radical (unpaired) electrons. The third-order valence-corrected chi connectivity index (χ3v) is 9.43. The first-order valence-electron chi connectivity index (χ1n) is 12.8. The third-order valence-electron chi connectivity index (χ3n) is 6.14. The number of hydrogen-bond acceptors (Lipinski definition) is 6. The highest BCUT2D eigenvalue weighted by molar-refractivity contribution is 7.89. The zero-order chi connectivity index (χ0) is 28.3. The molecule has 4 aromatic rings. The lowest BCUT2D eigenvalue weighted by Crippen LogP contribution is -2.37. The highest BCUT2D eigenvalue weighted by Crippen LogP contribution is 2.35. The second kappa shape index (κ2) is 12.1. The fourth-order valence-corrected chi connectivity index (χ4v) is 7.19. The molecule has 0 fully saturated rings. The largest absolute Gasteiger partial charge is 0.278 e. The van der Waals surface area contributed by atoms with Gasteiger partial charge in [-0.15, -0.1) is 0 Å². The first-order valence-corrected chi connectivity index (χ1v) is 15.5. The van der Waals surface area contributed by atoms with Crippen LogP contribution >= 0.6 is 22.9 Å². The maximum Gasteiger partial charge on any atom is 0.260 e. The summed E-state index contributed by atoms with van der Waals surface area (Å²) in [5.41, 5.74) is 2.66. The number of sulfonamides is 1. The first-order chi connectivity index (χ1) is 18.5. The highest BCUT2D eigenvalue weighted by atomic mass is 35.5. The summed E-state index contributed by atoms with van der Waals surface area (Å²) in [6, 6.07) is 15.4. The molecule has 0 aliphatic rings. The van der Waals surface area contributed by atoms with Gasteiger partial charge in [0.05, 0.1) is 27.4 Å². The van der Waals surface area contributed by atoms with E-state index < -0.39 is 10.0 Å². The van der Waals surface area contributed by atoms with Gasteiger partial charge in [-0.25, -0.2) is 13.4 Å². The van der Waals surface area contributed by atoms with Gasteiger partial charge in [0.25, 0.3) is 5.91 Å². The number of amides is 1. The number of nitrogens with zero attached hydrogens (tertiary/aromatic N) is 4. The summed E-state index contributed by atoms with van der Waals surface area (Å²) in [6.45, 7) is 11.0. The molecule has 0 bridgehead atoms. The Morgan fingerprint density at radius 1 is 0.974 bits per heavy atom. The Morgan fingerprint density at radius 3 is 2.23 bits per heavy atom. The summed E-state index contributed by atoms with van der Waals surface area (Å²) in [5.74, 6) is 0.0762. The van der Waals surface area contributed by atoms with E-state index in [1.165, 1.54) is 27.8 Å². The maximum atomic E-state index is 13.8. The van der Waals surface area contributed by atoms with Gasteiger partial charge in [0.15, 0.2) is 5.13 Å². The molecule has 0 atom stereocenters. The van der Waals surface area contributed by atoms with Crippen LogP contribution in [0.25, 0.3) is 10.2 Å². The summed E-state index contributed by atoms with van der Waals surface area (Å²) < 4.78 is 29.3. The summed E-state index contributed by atoms with van der Waals surface area (Å²) >= 11 is 7.71. The van der Waals surface area contributed by atoms with E-state index in [4.69, 9.17) is 16.6 Å². The summed E-state index contributed by atoms with van der Waals surface area (Å²) in [7, 11) is -3.71. The van der Waals surface area contributed by atoms with Crippen molar-refractivity contribution in [2.45, 2.75) is 46.1 Å². The average Bonchev–Trinajstić information content (AvgIpc) is 3.34.